The molecule has 4 rings (SSSR count). The van der Waals surface area contributed by atoms with E-state index in [4.69, 9.17) is 0 Å². The Bertz CT molecular complexity index is 1020. The number of thioether (sulfide) groups is 1. The molecular weight excluding hydrogens is 416 g/mol. The molecule has 0 N–H and O–H groups in total. The molecule has 0 bridgehead atoms. The van der Waals surface area contributed by atoms with Gasteiger partial charge in [-0.05, 0) is 24.3 Å². The molecule has 0 saturated carbocycles. The van der Waals surface area contributed by atoms with Crippen LogP contribution in [-0.4, -0.2) is 5.12 Å². The van der Waals surface area contributed by atoms with E-state index in [1.807, 2.05) is 78.9 Å². The number of hydrogen-bond acceptors (Lipinski definition) is 2. The van der Waals surface area contributed by atoms with Gasteiger partial charge in [0, 0.05) is 22.9 Å². The smallest absolute Gasteiger partial charge is 0.287 e. The number of benzene rings is 2. The summed E-state index contributed by atoms with van der Waals surface area (Å²) < 4.78 is 0. The van der Waals surface area contributed by atoms with Gasteiger partial charge in [0.05, 0.1) is 0 Å². The first kappa shape index (κ1) is 22.5. The van der Waals surface area contributed by atoms with Crippen molar-refractivity contribution in [1.29, 1.82) is 0 Å². The van der Waals surface area contributed by atoms with Crippen LogP contribution in [0, 0.1) is 11.8 Å². The maximum Gasteiger partial charge on any atom is 2.00 e. The SMILES string of the molecule is CC(=O)Sc1ccc(C#Cc2ccc(-[c-]3cccc3)cc2)cc1.[Fe+2].c1cc[cH-]c1. The minimum absolute atomic E-state index is 0. The van der Waals surface area contributed by atoms with Crippen molar-refractivity contribution < 1.29 is 21.9 Å². The van der Waals surface area contributed by atoms with Crippen molar-refractivity contribution in [2.45, 2.75) is 11.8 Å². The van der Waals surface area contributed by atoms with Gasteiger partial charge in [-0.2, -0.15) is 30.3 Å². The molecule has 0 radical (unpaired) electrons. The van der Waals surface area contributed by atoms with Crippen LogP contribution < -0.4 is 0 Å². The van der Waals surface area contributed by atoms with Crippen LogP contribution in [0.2, 0.25) is 0 Å². The largest absolute Gasteiger partial charge is 2.00 e. The van der Waals surface area contributed by atoms with Crippen molar-refractivity contribution >= 4 is 16.9 Å². The summed E-state index contributed by atoms with van der Waals surface area (Å²) in [7, 11) is 0. The Morgan fingerprint density at radius 2 is 1.34 bits per heavy atom. The Morgan fingerprint density at radius 1 is 0.828 bits per heavy atom. The molecule has 0 aliphatic carbocycles. The molecule has 0 aromatic heterocycles. The molecule has 144 valence electrons. The fourth-order valence-electron chi connectivity index (χ4n) is 2.55. The van der Waals surface area contributed by atoms with Gasteiger partial charge in [-0.25, -0.2) is 12.1 Å². The van der Waals surface area contributed by atoms with E-state index in [9.17, 15) is 4.79 Å². The van der Waals surface area contributed by atoms with E-state index >= 15 is 0 Å². The Kier molecular flexibility index (Phi) is 9.28. The molecule has 0 atom stereocenters. The Morgan fingerprint density at radius 3 is 1.79 bits per heavy atom. The van der Waals surface area contributed by atoms with Crippen LogP contribution in [0.5, 0.6) is 0 Å². The molecule has 0 unspecified atom stereocenters. The summed E-state index contributed by atoms with van der Waals surface area (Å²) in [5.74, 6) is 6.32. The number of carbonyl (C=O) groups excluding carboxylic acids is 1. The van der Waals surface area contributed by atoms with Crippen LogP contribution in [0.15, 0.2) is 108 Å². The second-order valence-corrected chi connectivity index (χ2v) is 7.33. The summed E-state index contributed by atoms with van der Waals surface area (Å²) in [6, 6.07) is 34.3. The first-order valence-corrected chi connectivity index (χ1v) is 9.82. The summed E-state index contributed by atoms with van der Waals surface area (Å²) in [5, 5.41) is 0.0914. The van der Waals surface area contributed by atoms with Gasteiger partial charge >= 0.3 is 17.1 Å². The predicted molar refractivity (Wildman–Crippen MR) is 118 cm³/mol. The summed E-state index contributed by atoms with van der Waals surface area (Å²) in [6.07, 6.45) is 0. The van der Waals surface area contributed by atoms with Gasteiger partial charge < -0.3 is 0 Å². The molecule has 0 fully saturated rings. The fraction of sp³-hybridized carbons (Fsp3) is 0.0385. The van der Waals surface area contributed by atoms with Crippen LogP contribution in [0.4, 0.5) is 0 Å². The van der Waals surface area contributed by atoms with Gasteiger partial charge in [0.15, 0.2) is 5.12 Å². The van der Waals surface area contributed by atoms with E-state index in [1.54, 1.807) is 6.92 Å². The van der Waals surface area contributed by atoms with Crippen molar-refractivity contribution in [2.75, 3.05) is 0 Å². The molecule has 0 aliphatic heterocycles. The second kappa shape index (κ2) is 11.9. The van der Waals surface area contributed by atoms with E-state index in [2.05, 4.69) is 36.1 Å². The molecule has 3 heteroatoms. The van der Waals surface area contributed by atoms with E-state index in [1.165, 1.54) is 22.9 Å². The van der Waals surface area contributed by atoms with Crippen LogP contribution in [-0.2, 0) is 21.9 Å². The zero-order valence-corrected chi connectivity index (χ0v) is 17.9. The first-order valence-electron chi connectivity index (χ1n) is 9.00. The summed E-state index contributed by atoms with van der Waals surface area (Å²) in [4.78, 5) is 12.0. The summed E-state index contributed by atoms with van der Waals surface area (Å²) in [5.41, 5.74) is 4.36. The molecule has 4 aromatic rings. The molecule has 0 spiro atoms. The Hall–Kier alpha value is -2.76. The standard InChI is InChI=1S/C21H15OS.C5H5.Fe/c1-16(22)23-21-14-10-18(11-15-21)7-6-17-8-12-20(13-9-17)19-4-2-3-5-19;1-2-4-5-3-1;/h2-5,8-15H,1H3;1-5H;/q2*-1;+2. The van der Waals surface area contributed by atoms with Crippen LogP contribution >= 0.6 is 11.8 Å². The number of rotatable bonds is 2. The maximum atomic E-state index is 11.1. The van der Waals surface area contributed by atoms with Gasteiger partial charge in [-0.15, -0.1) is 29.8 Å². The molecule has 0 aliphatic rings. The Labute approximate surface area is 187 Å². The molecular formula is C26H20FeOS. The van der Waals surface area contributed by atoms with E-state index in [0.29, 0.717) is 0 Å². The van der Waals surface area contributed by atoms with Gasteiger partial charge in [-0.3, -0.25) is 4.79 Å². The zero-order valence-electron chi connectivity index (χ0n) is 16.0. The minimum Gasteiger partial charge on any atom is -0.287 e. The summed E-state index contributed by atoms with van der Waals surface area (Å²) >= 11 is 1.23. The van der Waals surface area contributed by atoms with Crippen LogP contribution in [0.1, 0.15) is 18.1 Å². The van der Waals surface area contributed by atoms with Gasteiger partial charge in [0.2, 0.25) is 0 Å². The summed E-state index contributed by atoms with van der Waals surface area (Å²) in [6.45, 7) is 1.57. The Balaban J connectivity index is 0.000000437. The molecule has 1 nitrogen and oxygen atoms in total. The van der Waals surface area contributed by atoms with Gasteiger partial charge in [-0.1, -0.05) is 41.3 Å². The van der Waals surface area contributed by atoms with Crippen molar-refractivity contribution in [2.24, 2.45) is 0 Å². The first-order chi connectivity index (χ1) is 13.7. The molecule has 0 amide bonds. The van der Waals surface area contributed by atoms with Crippen molar-refractivity contribution in [3.05, 3.63) is 114 Å². The fourth-order valence-corrected chi connectivity index (χ4v) is 3.15. The maximum absolute atomic E-state index is 11.1. The predicted octanol–water partition coefficient (Wildman–Crippen LogP) is 6.51. The average molecular weight is 436 g/mol. The van der Waals surface area contributed by atoms with E-state index in [0.717, 1.165) is 16.0 Å². The third kappa shape index (κ3) is 7.64. The number of carbonyl (C=O) groups is 1. The molecule has 0 saturated heterocycles. The second-order valence-electron chi connectivity index (χ2n) is 6.08. The zero-order chi connectivity index (χ0) is 19.6. The van der Waals surface area contributed by atoms with Crippen molar-refractivity contribution in [3.8, 4) is 23.0 Å². The molecule has 29 heavy (non-hydrogen) atoms. The van der Waals surface area contributed by atoms with Crippen molar-refractivity contribution in [3.63, 3.8) is 0 Å². The normalized spacial score (nSPS) is 9.28. The van der Waals surface area contributed by atoms with E-state index < -0.39 is 0 Å². The monoisotopic (exact) mass is 436 g/mol. The number of hydrogen-bond donors (Lipinski definition) is 0. The molecule has 0 heterocycles. The average Bonchev–Trinajstić information content (AvgIpc) is 3.44. The topological polar surface area (TPSA) is 17.1 Å². The van der Waals surface area contributed by atoms with Gasteiger partial charge in [0.1, 0.15) is 0 Å². The van der Waals surface area contributed by atoms with E-state index in [-0.39, 0.29) is 22.2 Å². The third-order valence-corrected chi connectivity index (χ3v) is 4.70. The van der Waals surface area contributed by atoms with Crippen LogP contribution in [0.25, 0.3) is 11.1 Å². The third-order valence-electron chi connectivity index (χ3n) is 3.90. The molecule has 4 aromatic carbocycles. The quantitative estimate of drug-likeness (QED) is 0.154. The minimum atomic E-state index is 0. The van der Waals surface area contributed by atoms with Crippen LogP contribution in [0.3, 0.4) is 0 Å². The van der Waals surface area contributed by atoms with Gasteiger partial charge in [0.25, 0.3) is 0 Å². The van der Waals surface area contributed by atoms with Crippen molar-refractivity contribution in [1.82, 2.24) is 0 Å².